The lowest BCUT2D eigenvalue weighted by Crippen LogP contribution is -2.28. The minimum atomic E-state index is -0.502. The van der Waals surface area contributed by atoms with Crippen LogP contribution in [0.2, 0.25) is 0 Å². The van der Waals surface area contributed by atoms with Crippen molar-refractivity contribution in [3.8, 4) is 0 Å². The molecule has 2 N–H and O–H groups in total. The smallest absolute Gasteiger partial charge is 0.126 e. The minimum absolute atomic E-state index is 0.0691. The van der Waals surface area contributed by atoms with Crippen LogP contribution in [-0.2, 0) is 6.42 Å². The van der Waals surface area contributed by atoms with Crippen LogP contribution in [0.1, 0.15) is 24.8 Å². The van der Waals surface area contributed by atoms with E-state index >= 15 is 0 Å². The molecular formula is C16H19F2N. The molecule has 102 valence electrons. The third kappa shape index (κ3) is 1.82. The maximum Gasteiger partial charge on any atom is 0.126 e. The summed E-state index contributed by atoms with van der Waals surface area (Å²) in [5, 5.41) is 0. The molecule has 0 aliphatic heterocycles. The van der Waals surface area contributed by atoms with Crippen molar-refractivity contribution in [1.29, 1.82) is 0 Å². The highest BCUT2D eigenvalue weighted by Gasteiger charge is 2.65. The molecule has 0 saturated heterocycles. The summed E-state index contributed by atoms with van der Waals surface area (Å²) in [7, 11) is 0. The summed E-state index contributed by atoms with van der Waals surface area (Å²) in [6.07, 6.45) is 4.77. The molecule has 2 bridgehead atoms. The third-order valence-electron chi connectivity index (χ3n) is 5.68. The number of nitrogens with two attached hydrogens (primary N) is 1. The van der Waals surface area contributed by atoms with Gasteiger partial charge in [0.15, 0.2) is 0 Å². The van der Waals surface area contributed by atoms with Crippen LogP contribution in [0.3, 0.4) is 0 Å². The van der Waals surface area contributed by atoms with Gasteiger partial charge >= 0.3 is 0 Å². The van der Waals surface area contributed by atoms with Crippen LogP contribution in [0.25, 0.3) is 0 Å². The zero-order chi connectivity index (χ0) is 13.1. The van der Waals surface area contributed by atoms with Gasteiger partial charge in [-0.25, -0.2) is 8.78 Å². The van der Waals surface area contributed by atoms with Gasteiger partial charge in [0.1, 0.15) is 11.6 Å². The highest BCUT2D eigenvalue weighted by molar-refractivity contribution is 5.22. The molecule has 4 rings (SSSR count). The Morgan fingerprint density at radius 1 is 1.05 bits per heavy atom. The summed E-state index contributed by atoms with van der Waals surface area (Å²) >= 11 is 0. The molecule has 1 aromatic rings. The molecular weight excluding hydrogens is 244 g/mol. The second kappa shape index (κ2) is 4.02. The van der Waals surface area contributed by atoms with E-state index in [4.69, 9.17) is 5.73 Å². The fraction of sp³-hybridized carbons (Fsp3) is 0.625. The van der Waals surface area contributed by atoms with E-state index < -0.39 is 11.6 Å². The predicted octanol–water partition coefficient (Wildman–Crippen LogP) is 3.13. The van der Waals surface area contributed by atoms with Gasteiger partial charge in [-0.15, -0.1) is 0 Å². The van der Waals surface area contributed by atoms with Crippen LogP contribution in [0.5, 0.6) is 0 Å². The normalized spacial score (nSPS) is 40.3. The summed E-state index contributed by atoms with van der Waals surface area (Å²) < 4.78 is 26.4. The number of rotatable bonds is 3. The second-order valence-corrected chi connectivity index (χ2v) is 6.71. The summed E-state index contributed by atoms with van der Waals surface area (Å²) in [4.78, 5) is 0. The number of hydrogen-bond donors (Lipinski definition) is 1. The Bertz CT molecular complexity index is 479. The lowest BCUT2D eigenvalue weighted by atomic mass is 9.94. The fourth-order valence-electron chi connectivity index (χ4n) is 5.10. The van der Waals surface area contributed by atoms with Gasteiger partial charge in [-0.1, -0.05) is 0 Å². The number of fused-ring (bicyclic) bond motifs is 5. The molecule has 1 aromatic carbocycles. The molecule has 3 aliphatic carbocycles. The minimum Gasteiger partial charge on any atom is -0.327 e. The van der Waals surface area contributed by atoms with Crippen molar-refractivity contribution in [2.24, 2.45) is 35.3 Å². The quantitative estimate of drug-likeness (QED) is 0.891. The standard InChI is InChI=1S/C16H19F2N/c17-11-3-8(4-12(18)7-11)5-13(19)16-14-9-1-2-10(6-9)15(14)16/h3-4,7,9-10,13-16H,1-2,5-6,19H2. The molecule has 3 heteroatoms. The molecule has 0 amide bonds. The van der Waals surface area contributed by atoms with Crippen molar-refractivity contribution in [2.45, 2.75) is 31.7 Å². The van der Waals surface area contributed by atoms with E-state index in [-0.39, 0.29) is 6.04 Å². The van der Waals surface area contributed by atoms with Crippen molar-refractivity contribution < 1.29 is 8.78 Å². The molecule has 0 heterocycles. The van der Waals surface area contributed by atoms with E-state index in [0.717, 1.165) is 29.7 Å². The van der Waals surface area contributed by atoms with Gasteiger partial charge in [0.05, 0.1) is 0 Å². The summed E-state index contributed by atoms with van der Waals surface area (Å²) in [6, 6.07) is 3.81. The Kier molecular flexibility index (Phi) is 2.50. The molecule has 0 radical (unpaired) electrons. The summed E-state index contributed by atoms with van der Waals surface area (Å²) in [5.41, 5.74) is 7.01. The summed E-state index contributed by atoms with van der Waals surface area (Å²) in [6.45, 7) is 0. The van der Waals surface area contributed by atoms with E-state index in [0.29, 0.717) is 17.9 Å². The Hall–Kier alpha value is -0.960. The lowest BCUT2D eigenvalue weighted by Gasteiger charge is -2.16. The molecule has 3 saturated carbocycles. The molecule has 5 atom stereocenters. The summed E-state index contributed by atoms with van der Waals surface area (Å²) in [5.74, 6) is 3.05. The van der Waals surface area contributed by atoms with Gasteiger partial charge in [0, 0.05) is 12.1 Å². The maximum absolute atomic E-state index is 13.2. The Morgan fingerprint density at radius 3 is 2.21 bits per heavy atom. The molecule has 0 spiro atoms. The predicted molar refractivity (Wildman–Crippen MR) is 69.3 cm³/mol. The topological polar surface area (TPSA) is 26.0 Å². The van der Waals surface area contributed by atoms with Crippen molar-refractivity contribution in [3.63, 3.8) is 0 Å². The SMILES string of the molecule is NC(Cc1cc(F)cc(F)c1)C1C2C3CCC(C3)C12. The van der Waals surface area contributed by atoms with Gasteiger partial charge in [0.2, 0.25) is 0 Å². The van der Waals surface area contributed by atoms with Crippen LogP contribution >= 0.6 is 0 Å². The van der Waals surface area contributed by atoms with E-state index in [1.54, 1.807) is 0 Å². The van der Waals surface area contributed by atoms with Crippen LogP contribution in [-0.4, -0.2) is 6.04 Å². The zero-order valence-electron chi connectivity index (χ0n) is 10.9. The number of benzene rings is 1. The first kappa shape index (κ1) is 11.8. The van der Waals surface area contributed by atoms with Gasteiger partial charge in [0.25, 0.3) is 0 Å². The van der Waals surface area contributed by atoms with Crippen molar-refractivity contribution in [2.75, 3.05) is 0 Å². The van der Waals surface area contributed by atoms with E-state index in [1.807, 2.05) is 0 Å². The fourth-order valence-corrected chi connectivity index (χ4v) is 5.10. The first-order valence-electron chi connectivity index (χ1n) is 7.34. The van der Waals surface area contributed by atoms with Gasteiger partial charge < -0.3 is 5.73 Å². The van der Waals surface area contributed by atoms with E-state index in [9.17, 15) is 8.78 Å². The van der Waals surface area contributed by atoms with Crippen LogP contribution in [0.4, 0.5) is 8.78 Å². The first-order chi connectivity index (χ1) is 9.13. The Balaban J connectivity index is 1.46. The highest BCUT2D eigenvalue weighted by Crippen LogP contribution is 2.70. The molecule has 1 nitrogen and oxygen atoms in total. The molecule has 5 unspecified atom stereocenters. The Morgan fingerprint density at radius 2 is 1.63 bits per heavy atom. The van der Waals surface area contributed by atoms with Crippen LogP contribution in [0.15, 0.2) is 18.2 Å². The zero-order valence-corrected chi connectivity index (χ0v) is 10.9. The monoisotopic (exact) mass is 263 g/mol. The average Bonchev–Trinajstić information content (AvgIpc) is 2.78. The highest BCUT2D eigenvalue weighted by atomic mass is 19.1. The molecule has 3 fully saturated rings. The third-order valence-corrected chi connectivity index (χ3v) is 5.68. The largest absolute Gasteiger partial charge is 0.327 e. The van der Waals surface area contributed by atoms with Crippen molar-refractivity contribution in [1.82, 2.24) is 0 Å². The van der Waals surface area contributed by atoms with Gasteiger partial charge in [-0.3, -0.25) is 0 Å². The molecule has 19 heavy (non-hydrogen) atoms. The van der Waals surface area contributed by atoms with E-state index in [2.05, 4.69) is 0 Å². The Labute approximate surface area is 112 Å². The van der Waals surface area contributed by atoms with Gasteiger partial charge in [-0.05, 0) is 73.0 Å². The maximum atomic E-state index is 13.2. The number of halogens is 2. The molecule has 3 aliphatic rings. The van der Waals surface area contributed by atoms with Crippen molar-refractivity contribution >= 4 is 0 Å². The average molecular weight is 263 g/mol. The van der Waals surface area contributed by atoms with E-state index in [1.165, 1.54) is 31.4 Å². The molecule has 0 aromatic heterocycles. The van der Waals surface area contributed by atoms with Crippen LogP contribution in [0, 0.1) is 41.2 Å². The number of hydrogen-bond acceptors (Lipinski definition) is 1. The van der Waals surface area contributed by atoms with Crippen LogP contribution < -0.4 is 5.73 Å². The second-order valence-electron chi connectivity index (χ2n) is 6.71. The first-order valence-corrected chi connectivity index (χ1v) is 7.34. The lowest BCUT2D eigenvalue weighted by molar-refractivity contribution is 0.409. The van der Waals surface area contributed by atoms with Crippen molar-refractivity contribution in [3.05, 3.63) is 35.4 Å². The van der Waals surface area contributed by atoms with Gasteiger partial charge in [-0.2, -0.15) is 0 Å².